The van der Waals surface area contributed by atoms with E-state index in [1.165, 1.54) is 24.3 Å². The van der Waals surface area contributed by atoms with Gasteiger partial charge >= 0.3 is 0 Å². The molecule has 0 saturated heterocycles. The van der Waals surface area contributed by atoms with Crippen LogP contribution in [-0.4, -0.2) is 41.6 Å². The van der Waals surface area contributed by atoms with Crippen LogP contribution in [0.15, 0.2) is 95.9 Å². The van der Waals surface area contributed by atoms with Crippen molar-refractivity contribution in [1.29, 1.82) is 0 Å². The lowest BCUT2D eigenvalue weighted by Gasteiger charge is -2.33. The first-order valence-corrected chi connectivity index (χ1v) is 14.6. The van der Waals surface area contributed by atoms with E-state index in [-0.39, 0.29) is 17.2 Å². The Bertz CT molecular complexity index is 1700. The summed E-state index contributed by atoms with van der Waals surface area (Å²) in [5.41, 5.74) is 1.16. The molecule has 0 spiro atoms. The van der Waals surface area contributed by atoms with Gasteiger partial charge in [-0.15, -0.1) is 0 Å². The molecule has 0 aromatic heterocycles. The van der Waals surface area contributed by atoms with E-state index in [0.29, 0.717) is 17.1 Å². The fraction of sp³-hybridized carbons (Fsp3) is 0.115. The lowest BCUT2D eigenvalue weighted by atomic mass is 10.1. The number of ether oxygens (including phenoxy) is 1. The number of nitrogens with zero attached hydrogens (tertiary/aromatic N) is 1. The first-order chi connectivity index (χ1) is 17.6. The Balaban J connectivity index is 1.32. The highest BCUT2D eigenvalue weighted by Gasteiger charge is 2.35. The molecule has 0 bridgehead atoms. The molecule has 1 unspecified atom stereocenters. The Morgan fingerprint density at radius 3 is 2.30 bits per heavy atom. The Hall–Kier alpha value is -4.09. The molecule has 0 aliphatic carbocycles. The second-order valence-corrected chi connectivity index (χ2v) is 12.1. The zero-order valence-electron chi connectivity index (χ0n) is 19.7. The third kappa shape index (κ3) is 5.09. The quantitative estimate of drug-likeness (QED) is 0.386. The number of nitrogens with one attached hydrogen (secondary N) is 2. The molecule has 37 heavy (non-hydrogen) atoms. The number of anilines is 3. The average molecular weight is 538 g/mol. The van der Waals surface area contributed by atoms with E-state index in [0.717, 1.165) is 21.3 Å². The largest absolute Gasteiger partial charge is 0.476 e. The molecule has 1 aliphatic heterocycles. The lowest BCUT2D eigenvalue weighted by Crippen LogP contribution is -2.48. The summed E-state index contributed by atoms with van der Waals surface area (Å²) in [5, 5.41) is 4.34. The van der Waals surface area contributed by atoms with Gasteiger partial charge in [0.25, 0.3) is 15.9 Å². The Morgan fingerprint density at radius 2 is 1.54 bits per heavy atom. The predicted molar refractivity (Wildman–Crippen MR) is 143 cm³/mol. The van der Waals surface area contributed by atoms with Gasteiger partial charge in [0.1, 0.15) is 5.75 Å². The smallest absolute Gasteiger partial charge is 0.267 e. The third-order valence-electron chi connectivity index (χ3n) is 5.89. The molecule has 11 heteroatoms. The maximum Gasteiger partial charge on any atom is 0.267 e. The fourth-order valence-corrected chi connectivity index (χ4v) is 6.11. The van der Waals surface area contributed by atoms with Crippen molar-refractivity contribution in [2.45, 2.75) is 11.0 Å². The van der Waals surface area contributed by atoms with Crippen molar-refractivity contribution in [3.63, 3.8) is 0 Å². The van der Waals surface area contributed by atoms with Gasteiger partial charge in [0.2, 0.25) is 10.0 Å². The number of hydrogen-bond donors (Lipinski definition) is 2. The van der Waals surface area contributed by atoms with Crippen molar-refractivity contribution in [2.75, 3.05) is 27.1 Å². The Labute approximate surface area is 214 Å². The minimum Gasteiger partial charge on any atom is -0.476 e. The lowest BCUT2D eigenvalue weighted by molar-refractivity contribution is -0.122. The molecule has 1 aliphatic rings. The number of carbonyl (C=O) groups is 1. The number of carbonyl (C=O) groups excluding carboxylic acids is 1. The predicted octanol–water partition coefficient (Wildman–Crippen LogP) is 3.81. The van der Waals surface area contributed by atoms with E-state index in [1.807, 2.05) is 30.3 Å². The van der Waals surface area contributed by atoms with Crippen molar-refractivity contribution in [3.8, 4) is 5.75 Å². The van der Waals surface area contributed by atoms with E-state index in [4.69, 9.17) is 4.74 Å². The molecule has 0 fully saturated rings. The molecule has 1 heterocycles. The SMILES string of the molecule is CS(=O)(=O)N1CC(C(=O)Nc2ccc(S(=O)(=O)Nc3cccc4ccccc34)cc2)Oc2ccccc21. The van der Waals surface area contributed by atoms with Gasteiger partial charge in [-0.1, -0.05) is 48.5 Å². The summed E-state index contributed by atoms with van der Waals surface area (Å²) in [6.45, 7) is -0.191. The van der Waals surface area contributed by atoms with E-state index >= 15 is 0 Å². The fourth-order valence-electron chi connectivity index (χ4n) is 4.11. The van der Waals surface area contributed by atoms with Gasteiger partial charge in [0, 0.05) is 11.1 Å². The molecule has 190 valence electrons. The molecular weight excluding hydrogens is 514 g/mol. The molecule has 0 saturated carbocycles. The van der Waals surface area contributed by atoms with Crippen LogP contribution in [0, 0.1) is 0 Å². The van der Waals surface area contributed by atoms with Gasteiger partial charge in [0.15, 0.2) is 6.10 Å². The van der Waals surface area contributed by atoms with Gasteiger partial charge in [-0.2, -0.15) is 0 Å². The second-order valence-electron chi connectivity index (χ2n) is 8.51. The number of amides is 1. The van der Waals surface area contributed by atoms with Crippen LogP contribution in [0.3, 0.4) is 0 Å². The van der Waals surface area contributed by atoms with Crippen molar-refractivity contribution in [2.24, 2.45) is 0 Å². The minimum absolute atomic E-state index is 0.0181. The second kappa shape index (κ2) is 9.41. The number of fused-ring (bicyclic) bond motifs is 2. The van der Waals surface area contributed by atoms with Crippen LogP contribution in [0.5, 0.6) is 5.75 Å². The zero-order valence-corrected chi connectivity index (χ0v) is 21.3. The summed E-state index contributed by atoms with van der Waals surface area (Å²) >= 11 is 0. The van der Waals surface area contributed by atoms with Crippen molar-refractivity contribution in [3.05, 3.63) is 91.0 Å². The van der Waals surface area contributed by atoms with E-state index in [1.54, 1.807) is 36.4 Å². The van der Waals surface area contributed by atoms with Crippen molar-refractivity contribution >= 4 is 53.8 Å². The highest BCUT2D eigenvalue weighted by Crippen LogP contribution is 2.35. The minimum atomic E-state index is -3.89. The number of sulfonamides is 2. The van der Waals surface area contributed by atoms with E-state index in [2.05, 4.69) is 10.0 Å². The summed E-state index contributed by atoms with van der Waals surface area (Å²) in [6, 6.07) is 25.1. The molecule has 1 atom stereocenters. The Morgan fingerprint density at radius 1 is 0.865 bits per heavy atom. The molecule has 5 rings (SSSR count). The molecule has 4 aromatic rings. The van der Waals surface area contributed by atoms with Crippen LogP contribution >= 0.6 is 0 Å². The first-order valence-electron chi connectivity index (χ1n) is 11.3. The molecule has 2 N–H and O–H groups in total. The normalized spacial score (nSPS) is 15.5. The number of rotatable bonds is 6. The first kappa shape index (κ1) is 24.6. The van der Waals surface area contributed by atoms with Gasteiger partial charge in [-0.05, 0) is 47.9 Å². The topological polar surface area (TPSA) is 122 Å². The highest BCUT2D eigenvalue weighted by molar-refractivity contribution is 7.92. The molecular formula is C26H23N3O6S2. The average Bonchev–Trinajstić information content (AvgIpc) is 2.88. The van der Waals surface area contributed by atoms with Crippen LogP contribution in [0.1, 0.15) is 0 Å². The maximum atomic E-state index is 13.0. The van der Waals surface area contributed by atoms with Gasteiger partial charge in [-0.3, -0.25) is 13.8 Å². The van der Waals surface area contributed by atoms with Gasteiger partial charge < -0.3 is 10.1 Å². The van der Waals surface area contributed by atoms with E-state index < -0.39 is 32.1 Å². The molecule has 4 aromatic carbocycles. The van der Waals surface area contributed by atoms with Crippen LogP contribution in [0.25, 0.3) is 10.8 Å². The van der Waals surface area contributed by atoms with Crippen molar-refractivity contribution in [1.82, 2.24) is 0 Å². The van der Waals surface area contributed by atoms with E-state index in [9.17, 15) is 21.6 Å². The van der Waals surface area contributed by atoms with Crippen molar-refractivity contribution < 1.29 is 26.4 Å². The zero-order chi connectivity index (χ0) is 26.2. The highest BCUT2D eigenvalue weighted by atomic mass is 32.2. The molecule has 1 amide bonds. The summed E-state index contributed by atoms with van der Waals surface area (Å²) in [5.74, 6) is -0.284. The van der Waals surface area contributed by atoms with Crippen LogP contribution in [0.2, 0.25) is 0 Å². The number of hydrogen-bond acceptors (Lipinski definition) is 6. The van der Waals surface area contributed by atoms with Crippen LogP contribution in [0.4, 0.5) is 17.1 Å². The van der Waals surface area contributed by atoms with Crippen LogP contribution < -0.4 is 19.1 Å². The monoisotopic (exact) mass is 537 g/mol. The maximum absolute atomic E-state index is 13.0. The van der Waals surface area contributed by atoms with Gasteiger partial charge in [0.05, 0.1) is 29.1 Å². The summed E-state index contributed by atoms with van der Waals surface area (Å²) in [7, 11) is -7.53. The molecule has 0 radical (unpaired) electrons. The summed E-state index contributed by atoms with van der Waals surface area (Å²) in [6.07, 6.45) is -0.0312. The van der Waals surface area contributed by atoms with Gasteiger partial charge in [-0.25, -0.2) is 16.8 Å². The summed E-state index contributed by atoms with van der Waals surface area (Å²) < 4.78 is 60.1. The summed E-state index contributed by atoms with van der Waals surface area (Å²) in [4.78, 5) is 12.9. The van der Waals surface area contributed by atoms with Crippen LogP contribution in [-0.2, 0) is 24.8 Å². The Kier molecular flexibility index (Phi) is 6.26. The number of para-hydroxylation sites is 2. The third-order valence-corrected chi connectivity index (χ3v) is 8.42. The standard InChI is InChI=1S/C26H23N3O6S2/c1-36(31,32)29-17-25(35-24-12-5-4-11-23(24)29)26(30)27-19-13-15-20(16-14-19)37(33,34)28-22-10-6-8-18-7-2-3-9-21(18)22/h2-16,25,28H,17H2,1H3,(H,27,30). The molecule has 9 nitrogen and oxygen atoms in total. The number of benzene rings is 4.